The average molecular weight is 847 g/mol. The summed E-state index contributed by atoms with van der Waals surface area (Å²) in [4.78, 5) is 92.0. The van der Waals surface area contributed by atoms with E-state index in [0.29, 0.717) is 0 Å². The Labute approximate surface area is 297 Å². The van der Waals surface area contributed by atoms with Crippen molar-refractivity contribution in [3.63, 3.8) is 0 Å². The number of fused-ring (bicyclic) bond motifs is 2. The van der Waals surface area contributed by atoms with Crippen molar-refractivity contribution in [2.45, 2.75) is 49.1 Å². The van der Waals surface area contributed by atoms with Gasteiger partial charge in [0.15, 0.2) is 35.1 Å². The third kappa shape index (κ3) is 8.62. The maximum atomic E-state index is 13.1. The van der Waals surface area contributed by atoms with E-state index < -0.39 is 105 Å². The molecule has 0 aromatic carbocycles. The number of nitrogens with two attached hydrogens (primary N) is 2. The molecular weight excluding hydrogens is 824 g/mol. The maximum Gasteiger partial charge on any atom is 0.280 e. The third-order valence-electron chi connectivity index (χ3n) is 7.48. The lowest BCUT2D eigenvalue weighted by molar-refractivity contribution is -0.339. The van der Waals surface area contributed by atoms with E-state index in [1.54, 1.807) is 0 Å². The van der Waals surface area contributed by atoms with Crippen LogP contribution in [-0.4, -0.2) is 104 Å². The van der Waals surface area contributed by atoms with Gasteiger partial charge in [-0.25, -0.2) is 24.2 Å². The van der Waals surface area contributed by atoms with Gasteiger partial charge in [-0.1, -0.05) is 0 Å². The number of aliphatic hydroxyl groups is 3. The first-order chi connectivity index (χ1) is 25.0. The molecule has 6 heterocycles. The highest BCUT2D eigenvalue weighted by atomic mass is 31.3. The first kappa shape index (κ1) is 40.5. The lowest BCUT2D eigenvalue weighted by Gasteiger charge is -2.37. The van der Waals surface area contributed by atoms with Crippen LogP contribution >= 0.6 is 31.3 Å². The van der Waals surface area contributed by atoms with Crippen LogP contribution in [0.15, 0.2) is 23.8 Å². The van der Waals surface area contributed by atoms with Crippen LogP contribution in [0, 0.1) is 0 Å². The van der Waals surface area contributed by atoms with Gasteiger partial charge in [0.25, 0.3) is 29.0 Å². The van der Waals surface area contributed by atoms with Crippen LogP contribution in [0.5, 0.6) is 0 Å². The predicted octanol–water partition coefficient (Wildman–Crippen LogP) is -6.31. The number of phosphoric ester groups is 2. The van der Waals surface area contributed by atoms with Crippen LogP contribution in [0.1, 0.15) is 12.5 Å². The van der Waals surface area contributed by atoms with Crippen molar-refractivity contribution in [1.29, 1.82) is 0 Å². The molecular formula is C20H23N10O20P4-5. The zero-order chi connectivity index (χ0) is 39.5. The number of nitrogen functional groups attached to an aromatic ring is 2. The normalized spacial score (nSPS) is 29.7. The number of aromatic amines is 1. The summed E-state index contributed by atoms with van der Waals surface area (Å²) in [7, 11) is -24.7. The summed E-state index contributed by atoms with van der Waals surface area (Å²) in [6.45, 7) is -2.50. The summed E-state index contributed by atoms with van der Waals surface area (Å²) in [5.41, 5.74) is 9.98. The Bertz CT molecular complexity index is 2300. The second-order valence-corrected chi connectivity index (χ2v) is 16.7. The molecule has 0 aliphatic carbocycles. The second-order valence-electron chi connectivity index (χ2n) is 11.1. The lowest BCUT2D eigenvalue weighted by atomic mass is 10.1. The van der Waals surface area contributed by atoms with Gasteiger partial charge in [-0.3, -0.25) is 36.9 Å². The Morgan fingerprint density at radius 2 is 1.35 bits per heavy atom. The smallest absolute Gasteiger partial charge is 0.280 e. The van der Waals surface area contributed by atoms with Crippen molar-refractivity contribution in [1.82, 2.24) is 39.0 Å². The molecule has 0 radical (unpaired) electrons. The van der Waals surface area contributed by atoms with E-state index in [4.69, 9.17) is 30.0 Å². The van der Waals surface area contributed by atoms with Crippen molar-refractivity contribution < 1.29 is 89.7 Å². The molecule has 0 spiro atoms. The van der Waals surface area contributed by atoms with Crippen LogP contribution in [0.3, 0.4) is 0 Å². The fraction of sp³-hybridized carbons (Fsp3) is 0.500. The molecule has 2 fully saturated rings. The number of anilines is 2. The number of nitrogens with one attached hydrogen (secondary N) is 1. The molecule has 0 bridgehead atoms. The first-order valence-electron chi connectivity index (χ1n) is 14.4. The summed E-state index contributed by atoms with van der Waals surface area (Å²) < 4.78 is 81.4. The summed E-state index contributed by atoms with van der Waals surface area (Å²) >= 11 is 0. The first-order valence-corrected chi connectivity index (χ1v) is 20.2. The molecule has 0 saturated carbocycles. The Morgan fingerprint density at radius 1 is 0.759 bits per heavy atom. The number of hydrogen-bond acceptors (Lipinski definition) is 27. The van der Waals surface area contributed by atoms with E-state index in [1.165, 1.54) is 4.57 Å². The highest BCUT2D eigenvalue weighted by molar-refractivity contribution is 7.64. The number of H-pyrrole nitrogens is 1. The SMILES string of the molecule is Nc1nc2c(ncn2[C@@H]2O[C@H](COP(=O)([O-])OP(=O)([O-])OP(=O)([O-])[O-])[C@@H](OP(=O)([O-])OC[C@H]3O[C@@H](n4cnc5c(N)ncnc54)[C@H](O)[C@@H]3O)[C@H]2O)c(=O)[nH]1. The van der Waals surface area contributed by atoms with Crippen molar-refractivity contribution in [3.05, 3.63) is 29.3 Å². The Balaban J connectivity index is 1.20. The van der Waals surface area contributed by atoms with Gasteiger partial charge in [-0.05, 0) is 0 Å². The number of ether oxygens (including phenoxy) is 2. The van der Waals surface area contributed by atoms with Gasteiger partial charge in [0.2, 0.25) is 5.95 Å². The molecule has 4 aromatic heterocycles. The highest BCUT2D eigenvalue weighted by Gasteiger charge is 2.49. The highest BCUT2D eigenvalue weighted by Crippen LogP contribution is 2.60. The molecule has 34 heteroatoms. The molecule has 0 amide bonds. The van der Waals surface area contributed by atoms with Gasteiger partial charge >= 0.3 is 0 Å². The van der Waals surface area contributed by atoms with Gasteiger partial charge in [-0.2, -0.15) is 4.98 Å². The van der Waals surface area contributed by atoms with Crippen molar-refractivity contribution >= 4 is 65.4 Å². The Kier molecular flexibility index (Phi) is 11.0. The summed E-state index contributed by atoms with van der Waals surface area (Å²) in [6, 6.07) is 0. The standard InChI is InChI=1S/C20H28N10O20P4/c21-14-8-15(24-3-23-14)29(4-25-8)18-11(32)10(31)6(46-18)1-44-52(38,39)48-13-7(2-45-53(40,41)50-54(42,43)49-51(35,36)37)47-19(12(13)33)30-5-26-9-16(30)27-20(22)28-17(9)34/h3-7,10-13,18-19,31-33H,1-2H2,(H,38,39)(H,40,41)(H,42,43)(H2,21,23,24)(H2,35,36,37)(H3,22,27,28,34)/p-5/t6-,7-,10-,11-,12-,13-,18-,19-/m1/s1. The largest absolute Gasteiger partial charge is 0.790 e. The second kappa shape index (κ2) is 14.7. The minimum atomic E-state index is -6.42. The summed E-state index contributed by atoms with van der Waals surface area (Å²) in [6.07, 6.45) is -11.7. The van der Waals surface area contributed by atoms with Crippen LogP contribution in [0.4, 0.5) is 11.8 Å². The molecule has 298 valence electrons. The Morgan fingerprint density at radius 3 is 2.04 bits per heavy atom. The number of aromatic nitrogens is 8. The summed E-state index contributed by atoms with van der Waals surface area (Å²) in [5, 5.41) is 32.4. The van der Waals surface area contributed by atoms with Crippen LogP contribution in [0.25, 0.3) is 22.3 Å². The Hall–Kier alpha value is -3.18. The van der Waals surface area contributed by atoms with Crippen molar-refractivity contribution in [2.24, 2.45) is 0 Å². The number of hydrogen-bond donors (Lipinski definition) is 6. The molecule has 8 N–H and O–H groups in total. The molecule has 4 aromatic rings. The minimum Gasteiger partial charge on any atom is -0.790 e. The van der Waals surface area contributed by atoms with E-state index in [-0.39, 0.29) is 28.1 Å². The molecule has 3 unspecified atom stereocenters. The third-order valence-corrected chi connectivity index (χ3v) is 12.1. The molecule has 54 heavy (non-hydrogen) atoms. The van der Waals surface area contributed by atoms with Gasteiger partial charge in [-0.15, -0.1) is 0 Å². The van der Waals surface area contributed by atoms with Gasteiger partial charge < -0.3 is 78.9 Å². The van der Waals surface area contributed by atoms with E-state index >= 15 is 0 Å². The molecule has 30 nitrogen and oxygen atoms in total. The number of rotatable bonds is 14. The van der Waals surface area contributed by atoms with Crippen molar-refractivity contribution in [2.75, 3.05) is 24.7 Å². The minimum absolute atomic E-state index is 0.0181. The van der Waals surface area contributed by atoms with Gasteiger partial charge in [0.1, 0.15) is 48.5 Å². The number of phosphoric acid groups is 4. The zero-order valence-corrected chi connectivity index (χ0v) is 29.7. The van der Waals surface area contributed by atoms with Gasteiger partial charge in [0, 0.05) is 0 Å². The zero-order valence-electron chi connectivity index (χ0n) is 26.1. The number of aliphatic hydroxyl groups excluding tert-OH is 3. The predicted molar refractivity (Wildman–Crippen MR) is 158 cm³/mol. The van der Waals surface area contributed by atoms with Crippen LogP contribution in [0.2, 0.25) is 0 Å². The molecule has 2 aliphatic heterocycles. The molecule has 2 aliphatic rings. The van der Waals surface area contributed by atoms with E-state index in [1.807, 2.05) is 0 Å². The van der Waals surface area contributed by atoms with E-state index in [0.717, 1.165) is 23.5 Å². The molecule has 6 rings (SSSR count). The van der Waals surface area contributed by atoms with E-state index in [2.05, 4.69) is 43.0 Å². The number of nitrogens with zero attached hydrogens (tertiary/aromatic N) is 7. The van der Waals surface area contributed by atoms with E-state index in [9.17, 15) is 62.8 Å². The molecule has 2 saturated heterocycles. The maximum absolute atomic E-state index is 13.1. The molecule has 11 atom stereocenters. The lowest BCUT2D eigenvalue weighted by Crippen LogP contribution is -2.38. The average Bonchev–Trinajstić information content (AvgIpc) is 3.79. The fourth-order valence-corrected chi connectivity index (χ4v) is 9.10. The quantitative estimate of drug-likeness (QED) is 0.0643. The van der Waals surface area contributed by atoms with Crippen LogP contribution < -0.4 is 41.5 Å². The van der Waals surface area contributed by atoms with Gasteiger partial charge in [0.05, 0.1) is 33.7 Å². The number of imidazole rings is 2. The van der Waals surface area contributed by atoms with Crippen LogP contribution in [-0.2, 0) is 49.9 Å². The van der Waals surface area contributed by atoms with Crippen molar-refractivity contribution in [3.8, 4) is 0 Å². The summed E-state index contributed by atoms with van der Waals surface area (Å²) in [5.74, 6) is -0.459. The monoisotopic (exact) mass is 847 g/mol. The fourth-order valence-electron chi connectivity index (χ4n) is 5.29. The topological polar surface area (TPSA) is 468 Å².